The van der Waals surface area contributed by atoms with Crippen molar-refractivity contribution in [3.05, 3.63) is 46.5 Å². The van der Waals surface area contributed by atoms with Crippen molar-refractivity contribution < 1.29 is 14.8 Å². The first-order valence-corrected chi connectivity index (χ1v) is 4.30. The molecule has 0 amide bonds. The maximum atomic E-state index is 10.5. The molecule has 5 nitrogen and oxygen atoms in total. The quantitative estimate of drug-likeness (QED) is 0.348. The largest absolute Gasteiger partial charge is 0.508 e. The van der Waals surface area contributed by atoms with E-state index in [0.717, 1.165) is 0 Å². The van der Waals surface area contributed by atoms with Gasteiger partial charge < -0.3 is 9.84 Å². The fourth-order valence-corrected chi connectivity index (χ4v) is 1.05. The van der Waals surface area contributed by atoms with E-state index in [1.807, 2.05) is 0 Å². The Kier molecular flexibility index (Phi) is 3.82. The van der Waals surface area contributed by atoms with Crippen LogP contribution in [-0.4, -0.2) is 16.6 Å². The second-order valence-corrected chi connectivity index (χ2v) is 2.87. The number of hydrogen-bond donors (Lipinski definition) is 1. The number of ether oxygens (including phenoxy) is 1. The smallest absolute Gasteiger partial charge is 0.270 e. The summed E-state index contributed by atoms with van der Waals surface area (Å²) in [5.74, 6) is -0.00957. The molecule has 0 atom stereocenters. The van der Waals surface area contributed by atoms with E-state index in [0.29, 0.717) is 12.2 Å². The lowest BCUT2D eigenvalue weighted by molar-refractivity contribution is -0.385. The lowest BCUT2D eigenvalue weighted by atomic mass is 10.2. The Labute approximate surface area is 86.8 Å². The number of benzene rings is 1. The van der Waals surface area contributed by atoms with Gasteiger partial charge in [0.25, 0.3) is 5.69 Å². The zero-order valence-electron chi connectivity index (χ0n) is 8.05. The molecule has 0 unspecified atom stereocenters. The monoisotopic (exact) mass is 209 g/mol. The van der Waals surface area contributed by atoms with Gasteiger partial charge in [-0.2, -0.15) is 0 Å². The molecule has 1 aromatic rings. The van der Waals surface area contributed by atoms with Crippen LogP contribution < -0.4 is 0 Å². The summed E-state index contributed by atoms with van der Waals surface area (Å²) in [6.45, 7) is 3.92. The molecular formula is C10H11NO4. The first-order chi connectivity index (χ1) is 7.15. The van der Waals surface area contributed by atoms with Crippen LogP contribution in [0.25, 0.3) is 0 Å². The second-order valence-electron chi connectivity index (χ2n) is 2.87. The molecule has 0 aliphatic carbocycles. The van der Waals surface area contributed by atoms with E-state index in [9.17, 15) is 15.2 Å². The summed E-state index contributed by atoms with van der Waals surface area (Å²) < 4.78 is 5.08. The third-order valence-corrected chi connectivity index (χ3v) is 1.77. The Morgan fingerprint density at radius 2 is 2.33 bits per heavy atom. The van der Waals surface area contributed by atoms with Gasteiger partial charge in [0, 0.05) is 17.7 Å². The third-order valence-electron chi connectivity index (χ3n) is 1.77. The zero-order valence-corrected chi connectivity index (χ0v) is 8.05. The summed E-state index contributed by atoms with van der Waals surface area (Å²) in [5.41, 5.74) is 0.330. The molecule has 5 heteroatoms. The normalized spacial score (nSPS) is 9.87. The number of non-ortho nitro benzene ring substituents is 1. The van der Waals surface area contributed by atoms with Crippen LogP contribution in [0.2, 0.25) is 0 Å². The molecule has 0 spiro atoms. The highest BCUT2D eigenvalue weighted by atomic mass is 16.6. The highest BCUT2D eigenvalue weighted by Gasteiger charge is 2.09. The van der Waals surface area contributed by atoms with Crippen molar-refractivity contribution in [3.8, 4) is 5.75 Å². The van der Waals surface area contributed by atoms with E-state index < -0.39 is 4.92 Å². The van der Waals surface area contributed by atoms with E-state index in [1.165, 1.54) is 18.2 Å². The van der Waals surface area contributed by atoms with Crippen LogP contribution in [0.3, 0.4) is 0 Å². The van der Waals surface area contributed by atoms with Crippen LogP contribution in [-0.2, 0) is 11.3 Å². The highest BCUT2D eigenvalue weighted by molar-refractivity contribution is 5.42. The molecule has 0 heterocycles. The minimum Gasteiger partial charge on any atom is -0.508 e. The predicted octanol–water partition coefficient (Wildman–Crippen LogP) is 2.00. The average molecular weight is 209 g/mol. The summed E-state index contributed by atoms with van der Waals surface area (Å²) in [7, 11) is 0. The molecule has 15 heavy (non-hydrogen) atoms. The molecule has 1 rings (SSSR count). The fraction of sp³-hybridized carbons (Fsp3) is 0.200. The Morgan fingerprint density at radius 1 is 1.60 bits per heavy atom. The zero-order chi connectivity index (χ0) is 11.3. The predicted molar refractivity (Wildman–Crippen MR) is 54.6 cm³/mol. The van der Waals surface area contributed by atoms with Crippen LogP contribution >= 0.6 is 0 Å². The maximum Gasteiger partial charge on any atom is 0.270 e. The van der Waals surface area contributed by atoms with Crippen LogP contribution in [0.15, 0.2) is 30.9 Å². The third kappa shape index (κ3) is 3.07. The van der Waals surface area contributed by atoms with Crippen LogP contribution in [0.1, 0.15) is 5.56 Å². The van der Waals surface area contributed by atoms with Crippen molar-refractivity contribution in [2.24, 2.45) is 0 Å². The Bertz CT molecular complexity index is 376. The van der Waals surface area contributed by atoms with Crippen molar-refractivity contribution in [1.29, 1.82) is 0 Å². The number of phenols is 1. The first-order valence-electron chi connectivity index (χ1n) is 4.30. The number of hydrogen-bond acceptors (Lipinski definition) is 4. The van der Waals surface area contributed by atoms with Gasteiger partial charge in [-0.15, -0.1) is 6.58 Å². The van der Waals surface area contributed by atoms with Gasteiger partial charge in [-0.05, 0) is 6.07 Å². The lowest BCUT2D eigenvalue weighted by Crippen LogP contribution is -1.95. The molecule has 0 saturated carbocycles. The van der Waals surface area contributed by atoms with Gasteiger partial charge in [0.1, 0.15) is 5.75 Å². The van der Waals surface area contributed by atoms with Gasteiger partial charge in [0.2, 0.25) is 0 Å². The Balaban J connectivity index is 2.80. The molecule has 0 aliphatic heterocycles. The topological polar surface area (TPSA) is 72.6 Å². The number of nitro groups is 1. The van der Waals surface area contributed by atoms with Crippen molar-refractivity contribution in [3.63, 3.8) is 0 Å². The molecule has 0 aromatic heterocycles. The number of nitrogens with zero attached hydrogens (tertiary/aromatic N) is 1. The van der Waals surface area contributed by atoms with E-state index in [-0.39, 0.29) is 18.0 Å². The number of nitro benzene ring substituents is 1. The van der Waals surface area contributed by atoms with Gasteiger partial charge in [-0.3, -0.25) is 10.1 Å². The summed E-state index contributed by atoms with van der Waals surface area (Å²) in [6, 6.07) is 3.81. The minimum absolute atomic E-state index is 0.00957. The van der Waals surface area contributed by atoms with Gasteiger partial charge >= 0.3 is 0 Å². The maximum absolute atomic E-state index is 10.5. The molecule has 1 N–H and O–H groups in total. The van der Waals surface area contributed by atoms with Crippen molar-refractivity contribution in [2.75, 3.05) is 6.61 Å². The van der Waals surface area contributed by atoms with Gasteiger partial charge in [-0.1, -0.05) is 6.08 Å². The van der Waals surface area contributed by atoms with Crippen molar-refractivity contribution in [1.82, 2.24) is 0 Å². The van der Waals surface area contributed by atoms with E-state index in [1.54, 1.807) is 6.08 Å². The SMILES string of the molecule is C=CCOCc1cc([N+](=O)[O-])ccc1O. The summed E-state index contributed by atoms with van der Waals surface area (Å²) in [4.78, 5) is 9.94. The van der Waals surface area contributed by atoms with Crippen LogP contribution in [0.4, 0.5) is 5.69 Å². The minimum atomic E-state index is -0.517. The van der Waals surface area contributed by atoms with E-state index in [2.05, 4.69) is 6.58 Å². The Hall–Kier alpha value is -1.88. The number of aromatic hydroxyl groups is 1. The summed E-state index contributed by atoms with van der Waals surface area (Å²) >= 11 is 0. The lowest BCUT2D eigenvalue weighted by Gasteiger charge is -2.04. The van der Waals surface area contributed by atoms with Gasteiger partial charge in [0.15, 0.2) is 0 Å². The molecule has 1 aromatic carbocycles. The van der Waals surface area contributed by atoms with Crippen molar-refractivity contribution in [2.45, 2.75) is 6.61 Å². The molecule has 0 radical (unpaired) electrons. The Morgan fingerprint density at radius 3 is 2.93 bits per heavy atom. The number of phenolic OH excluding ortho intramolecular Hbond substituents is 1. The molecule has 0 bridgehead atoms. The van der Waals surface area contributed by atoms with E-state index >= 15 is 0 Å². The first kappa shape index (κ1) is 11.2. The highest BCUT2D eigenvalue weighted by Crippen LogP contribution is 2.23. The van der Waals surface area contributed by atoms with Crippen LogP contribution in [0, 0.1) is 10.1 Å². The summed E-state index contributed by atoms with van der Waals surface area (Å²) in [5, 5.41) is 19.8. The number of rotatable bonds is 5. The second kappa shape index (κ2) is 5.11. The van der Waals surface area contributed by atoms with E-state index in [4.69, 9.17) is 4.74 Å². The fourth-order valence-electron chi connectivity index (χ4n) is 1.05. The van der Waals surface area contributed by atoms with Crippen molar-refractivity contribution >= 4 is 5.69 Å². The summed E-state index contributed by atoms with van der Waals surface area (Å²) in [6.07, 6.45) is 1.56. The molecule has 0 saturated heterocycles. The molecular weight excluding hydrogens is 198 g/mol. The van der Waals surface area contributed by atoms with Crippen LogP contribution in [0.5, 0.6) is 5.75 Å². The molecule has 0 fully saturated rings. The van der Waals surface area contributed by atoms with Gasteiger partial charge in [-0.25, -0.2) is 0 Å². The standard InChI is InChI=1S/C10H11NO4/c1-2-5-15-7-8-6-9(11(13)14)3-4-10(8)12/h2-4,6,12H,1,5,7H2. The molecule has 80 valence electrons. The average Bonchev–Trinajstić information content (AvgIpc) is 2.20. The molecule has 0 aliphatic rings. The van der Waals surface area contributed by atoms with Gasteiger partial charge in [0.05, 0.1) is 18.1 Å².